The van der Waals surface area contributed by atoms with Crippen molar-refractivity contribution in [2.24, 2.45) is 5.92 Å². The number of carbonyl (C=O) groups excluding carboxylic acids is 1. The topological polar surface area (TPSA) is 41.1 Å². The van der Waals surface area contributed by atoms with Crippen LogP contribution in [0.4, 0.5) is 4.39 Å². The molecule has 2 aromatic rings. The molecule has 1 atom stereocenters. The highest BCUT2D eigenvalue weighted by Crippen LogP contribution is 2.20. The molecule has 0 spiro atoms. The van der Waals surface area contributed by atoms with Crippen LogP contribution < -0.4 is 10.6 Å². The molecule has 2 rings (SSSR count). The Morgan fingerprint density at radius 1 is 1.04 bits per heavy atom. The Hall–Kier alpha value is -2.20. The highest BCUT2D eigenvalue weighted by Gasteiger charge is 2.16. The highest BCUT2D eigenvalue weighted by atomic mass is 19.1. The van der Waals surface area contributed by atoms with Crippen molar-refractivity contribution in [3.63, 3.8) is 0 Å². The number of amides is 1. The Morgan fingerprint density at radius 2 is 1.70 bits per heavy atom. The lowest BCUT2D eigenvalue weighted by atomic mass is 9.96. The molecule has 23 heavy (non-hydrogen) atoms. The molecule has 0 saturated heterocycles. The van der Waals surface area contributed by atoms with Gasteiger partial charge in [-0.2, -0.15) is 0 Å². The van der Waals surface area contributed by atoms with Crippen LogP contribution in [0.15, 0.2) is 54.6 Å². The van der Waals surface area contributed by atoms with Gasteiger partial charge in [-0.3, -0.25) is 4.79 Å². The summed E-state index contributed by atoms with van der Waals surface area (Å²) in [7, 11) is 0. The number of carbonyl (C=O) groups is 1. The van der Waals surface area contributed by atoms with E-state index < -0.39 is 0 Å². The Bertz CT molecular complexity index is 611. The van der Waals surface area contributed by atoms with E-state index in [1.54, 1.807) is 12.1 Å². The molecule has 3 nitrogen and oxygen atoms in total. The van der Waals surface area contributed by atoms with E-state index in [9.17, 15) is 9.18 Å². The van der Waals surface area contributed by atoms with E-state index in [1.165, 1.54) is 17.7 Å². The van der Waals surface area contributed by atoms with Crippen LogP contribution in [-0.4, -0.2) is 12.5 Å². The van der Waals surface area contributed by atoms with Crippen molar-refractivity contribution in [1.82, 2.24) is 10.6 Å². The summed E-state index contributed by atoms with van der Waals surface area (Å²) in [6, 6.07) is 16.4. The van der Waals surface area contributed by atoms with E-state index in [1.807, 2.05) is 18.2 Å². The molecule has 0 bridgehead atoms. The third kappa shape index (κ3) is 5.49. The summed E-state index contributed by atoms with van der Waals surface area (Å²) in [6.07, 6.45) is 0. The Balaban J connectivity index is 1.83. The van der Waals surface area contributed by atoms with Gasteiger partial charge in [-0.05, 0) is 29.2 Å². The minimum Gasteiger partial charge on any atom is -0.351 e. The largest absolute Gasteiger partial charge is 0.351 e. The maximum Gasteiger partial charge on any atom is 0.234 e. The Morgan fingerprint density at radius 3 is 2.30 bits per heavy atom. The molecule has 0 heterocycles. The molecule has 0 fully saturated rings. The van der Waals surface area contributed by atoms with E-state index in [2.05, 4.69) is 36.6 Å². The lowest BCUT2D eigenvalue weighted by molar-refractivity contribution is -0.120. The average Bonchev–Trinajstić information content (AvgIpc) is 2.55. The third-order valence-electron chi connectivity index (χ3n) is 3.71. The number of nitrogens with one attached hydrogen (secondary N) is 2. The first-order valence-corrected chi connectivity index (χ1v) is 7.85. The van der Waals surface area contributed by atoms with Gasteiger partial charge < -0.3 is 10.6 Å². The molecule has 1 amide bonds. The second-order valence-corrected chi connectivity index (χ2v) is 5.92. The van der Waals surface area contributed by atoms with E-state index in [4.69, 9.17) is 0 Å². The highest BCUT2D eigenvalue weighted by molar-refractivity contribution is 5.78. The molecule has 0 aromatic heterocycles. The number of hydrogen-bond donors (Lipinski definition) is 2. The number of benzene rings is 2. The summed E-state index contributed by atoms with van der Waals surface area (Å²) < 4.78 is 12.8. The molecule has 2 aromatic carbocycles. The minimum absolute atomic E-state index is 0.0732. The van der Waals surface area contributed by atoms with Crippen LogP contribution in [0.1, 0.15) is 31.0 Å². The van der Waals surface area contributed by atoms with Crippen molar-refractivity contribution in [2.45, 2.75) is 26.4 Å². The van der Waals surface area contributed by atoms with Crippen LogP contribution in [0.2, 0.25) is 0 Å². The lowest BCUT2D eigenvalue weighted by Crippen LogP contribution is -2.37. The van der Waals surface area contributed by atoms with Crippen LogP contribution in [0.5, 0.6) is 0 Å². The van der Waals surface area contributed by atoms with E-state index in [0.717, 1.165) is 5.56 Å². The van der Waals surface area contributed by atoms with Gasteiger partial charge in [0.1, 0.15) is 5.82 Å². The summed E-state index contributed by atoms with van der Waals surface area (Å²) in [4.78, 5) is 12.0. The molecule has 122 valence electrons. The second kappa shape index (κ2) is 8.44. The summed E-state index contributed by atoms with van der Waals surface area (Å²) in [5.74, 6) is 0.0302. The van der Waals surface area contributed by atoms with Gasteiger partial charge in [-0.15, -0.1) is 0 Å². The average molecular weight is 314 g/mol. The Kier molecular flexibility index (Phi) is 6.29. The second-order valence-electron chi connectivity index (χ2n) is 5.92. The number of halogens is 1. The van der Waals surface area contributed by atoms with Crippen molar-refractivity contribution in [1.29, 1.82) is 0 Å². The third-order valence-corrected chi connectivity index (χ3v) is 3.71. The van der Waals surface area contributed by atoms with Gasteiger partial charge in [0.2, 0.25) is 5.91 Å². The molecule has 4 heteroatoms. The SMILES string of the molecule is CC(C)[C@H](NCC(=O)NCc1ccc(F)cc1)c1ccccc1. The normalized spacial score (nSPS) is 12.2. The van der Waals surface area contributed by atoms with Gasteiger partial charge in [0.15, 0.2) is 0 Å². The number of rotatable bonds is 7. The molecule has 0 aliphatic rings. The zero-order valence-electron chi connectivity index (χ0n) is 13.6. The van der Waals surface area contributed by atoms with E-state index >= 15 is 0 Å². The zero-order valence-corrected chi connectivity index (χ0v) is 13.6. The van der Waals surface area contributed by atoms with Crippen LogP contribution >= 0.6 is 0 Å². The van der Waals surface area contributed by atoms with Crippen molar-refractivity contribution < 1.29 is 9.18 Å². The van der Waals surface area contributed by atoms with Gasteiger partial charge in [0.05, 0.1) is 6.54 Å². The van der Waals surface area contributed by atoms with Crippen LogP contribution in [0.25, 0.3) is 0 Å². The first-order chi connectivity index (χ1) is 11.1. The summed E-state index contributed by atoms with van der Waals surface area (Å²) in [5.41, 5.74) is 2.05. The first kappa shape index (κ1) is 17.2. The molecular weight excluding hydrogens is 291 g/mol. The fourth-order valence-corrected chi connectivity index (χ4v) is 2.47. The zero-order chi connectivity index (χ0) is 16.7. The van der Waals surface area contributed by atoms with Gasteiger partial charge >= 0.3 is 0 Å². The van der Waals surface area contributed by atoms with Gasteiger partial charge in [-0.1, -0.05) is 56.3 Å². The summed E-state index contributed by atoms with van der Waals surface area (Å²) >= 11 is 0. The molecular formula is C19H23FN2O. The van der Waals surface area contributed by atoms with E-state index in [0.29, 0.717) is 12.5 Å². The summed E-state index contributed by atoms with van der Waals surface area (Å²) in [5, 5.41) is 6.15. The van der Waals surface area contributed by atoms with Crippen molar-refractivity contribution in [3.8, 4) is 0 Å². The molecule has 0 aliphatic carbocycles. The fourth-order valence-electron chi connectivity index (χ4n) is 2.47. The maximum absolute atomic E-state index is 12.8. The summed E-state index contributed by atoms with van der Waals surface area (Å²) in [6.45, 7) is 4.90. The maximum atomic E-state index is 12.8. The predicted molar refractivity (Wildman–Crippen MR) is 90.3 cm³/mol. The lowest BCUT2D eigenvalue weighted by Gasteiger charge is -2.22. The first-order valence-electron chi connectivity index (χ1n) is 7.85. The van der Waals surface area contributed by atoms with Crippen molar-refractivity contribution in [3.05, 3.63) is 71.5 Å². The monoisotopic (exact) mass is 314 g/mol. The van der Waals surface area contributed by atoms with Crippen molar-refractivity contribution >= 4 is 5.91 Å². The molecule has 0 saturated carbocycles. The fraction of sp³-hybridized carbons (Fsp3) is 0.316. The molecule has 0 radical (unpaired) electrons. The smallest absolute Gasteiger partial charge is 0.234 e. The van der Waals surface area contributed by atoms with E-state index in [-0.39, 0.29) is 24.3 Å². The molecule has 0 aliphatic heterocycles. The van der Waals surface area contributed by atoms with Crippen LogP contribution in [0.3, 0.4) is 0 Å². The molecule has 0 unspecified atom stereocenters. The number of hydrogen-bond acceptors (Lipinski definition) is 2. The predicted octanol–water partition coefficient (Wildman–Crippen LogP) is 3.43. The standard InChI is InChI=1S/C19H23FN2O/c1-14(2)19(16-6-4-3-5-7-16)22-13-18(23)21-12-15-8-10-17(20)11-9-15/h3-11,14,19,22H,12-13H2,1-2H3,(H,21,23)/t19-/m0/s1. The van der Waals surface area contributed by atoms with Crippen LogP contribution in [-0.2, 0) is 11.3 Å². The van der Waals surface area contributed by atoms with Gasteiger partial charge in [0.25, 0.3) is 0 Å². The van der Waals surface area contributed by atoms with Crippen molar-refractivity contribution in [2.75, 3.05) is 6.54 Å². The quantitative estimate of drug-likeness (QED) is 0.822. The minimum atomic E-state index is -0.274. The van der Waals surface area contributed by atoms with Crippen LogP contribution in [0, 0.1) is 11.7 Å². The van der Waals surface area contributed by atoms with Gasteiger partial charge in [-0.25, -0.2) is 4.39 Å². The molecule has 2 N–H and O–H groups in total. The van der Waals surface area contributed by atoms with Gasteiger partial charge in [0, 0.05) is 12.6 Å². The Labute approximate surface area is 136 Å².